The minimum atomic E-state index is -0.959. The highest BCUT2D eigenvalue weighted by Crippen LogP contribution is 2.25. The molecule has 6 nitrogen and oxygen atoms in total. The Hall–Kier alpha value is -1.30. The topological polar surface area (TPSA) is 92.9 Å². The molecule has 0 aromatic rings. The molecule has 3 N–H and O–H groups in total. The van der Waals surface area contributed by atoms with Crippen molar-refractivity contribution in [1.29, 1.82) is 0 Å². The maximum absolute atomic E-state index is 12.0. The quantitative estimate of drug-likeness (QED) is 0.790. The van der Waals surface area contributed by atoms with Gasteiger partial charge in [-0.05, 0) is 26.7 Å². The van der Waals surface area contributed by atoms with E-state index >= 15 is 0 Å². The minimum Gasteiger partial charge on any atom is -0.481 e. The van der Waals surface area contributed by atoms with Crippen LogP contribution in [0.3, 0.4) is 0 Å². The molecular formula is C13H24N2O4. The van der Waals surface area contributed by atoms with Gasteiger partial charge in [0, 0.05) is 19.1 Å². The van der Waals surface area contributed by atoms with Crippen molar-refractivity contribution in [2.75, 3.05) is 13.1 Å². The summed E-state index contributed by atoms with van der Waals surface area (Å²) in [5.41, 5.74) is 5.38. The van der Waals surface area contributed by atoms with E-state index in [4.69, 9.17) is 10.5 Å². The number of nitrogens with zero attached hydrogens (tertiary/aromatic N) is 1. The maximum Gasteiger partial charge on any atom is 0.410 e. The Balaban J connectivity index is 2.80. The molecule has 0 saturated carbocycles. The summed E-state index contributed by atoms with van der Waals surface area (Å²) in [6.07, 6.45) is 0.272. The smallest absolute Gasteiger partial charge is 0.410 e. The lowest BCUT2D eigenvalue weighted by atomic mass is 9.83. The highest BCUT2D eigenvalue weighted by atomic mass is 16.6. The number of hydrogen-bond acceptors (Lipinski definition) is 4. The van der Waals surface area contributed by atoms with E-state index in [9.17, 15) is 14.7 Å². The van der Waals surface area contributed by atoms with Crippen molar-refractivity contribution in [3.05, 3.63) is 0 Å². The average Bonchev–Trinajstić information content (AvgIpc) is 2.26. The lowest BCUT2D eigenvalue weighted by Gasteiger charge is -2.40. The van der Waals surface area contributed by atoms with E-state index < -0.39 is 29.6 Å². The molecule has 3 atom stereocenters. The second-order valence-electron chi connectivity index (χ2n) is 6.08. The third kappa shape index (κ3) is 4.09. The molecule has 1 fully saturated rings. The fourth-order valence-electron chi connectivity index (χ4n) is 2.29. The molecule has 1 amide bonds. The van der Waals surface area contributed by atoms with E-state index in [1.807, 2.05) is 6.92 Å². The van der Waals surface area contributed by atoms with Gasteiger partial charge in [-0.1, -0.05) is 13.3 Å². The van der Waals surface area contributed by atoms with Crippen LogP contribution in [0.15, 0.2) is 0 Å². The molecule has 6 heteroatoms. The molecule has 0 aromatic heterocycles. The number of ether oxygens (including phenoxy) is 1. The van der Waals surface area contributed by atoms with Crippen LogP contribution in [0, 0.1) is 11.8 Å². The number of hydrogen-bond donors (Lipinski definition) is 2. The van der Waals surface area contributed by atoms with Crippen molar-refractivity contribution in [1.82, 2.24) is 4.90 Å². The van der Waals surface area contributed by atoms with Crippen molar-refractivity contribution in [3.8, 4) is 0 Å². The molecule has 1 aliphatic rings. The molecule has 1 unspecified atom stereocenters. The lowest BCUT2D eigenvalue weighted by Crippen LogP contribution is -2.57. The van der Waals surface area contributed by atoms with E-state index in [1.54, 1.807) is 20.8 Å². The predicted octanol–water partition coefficient (Wildman–Crippen LogP) is 1.29. The zero-order valence-corrected chi connectivity index (χ0v) is 12.0. The van der Waals surface area contributed by atoms with Gasteiger partial charge in [-0.2, -0.15) is 0 Å². The third-order valence-corrected chi connectivity index (χ3v) is 3.37. The summed E-state index contributed by atoms with van der Waals surface area (Å²) in [6, 6.07) is -0.416. The number of piperidine rings is 1. The van der Waals surface area contributed by atoms with Gasteiger partial charge >= 0.3 is 12.1 Å². The van der Waals surface area contributed by atoms with E-state index in [0.717, 1.165) is 6.42 Å². The second kappa shape index (κ2) is 5.77. The van der Waals surface area contributed by atoms with Crippen LogP contribution in [-0.4, -0.2) is 46.8 Å². The number of carboxylic acids is 1. The van der Waals surface area contributed by atoms with Gasteiger partial charge in [-0.3, -0.25) is 4.79 Å². The summed E-state index contributed by atoms with van der Waals surface area (Å²) < 4.78 is 5.29. The first-order valence-corrected chi connectivity index (χ1v) is 6.62. The van der Waals surface area contributed by atoms with E-state index in [-0.39, 0.29) is 12.5 Å². The molecule has 0 aliphatic carbocycles. The Morgan fingerprint density at radius 1 is 1.37 bits per heavy atom. The zero-order chi connectivity index (χ0) is 14.8. The standard InChI is InChI=1S/C13H24N2O4/c1-5-8-6-15(12(18)19-13(2,3)4)7-9(10(8)14)11(16)17/h8-10H,5-7,14H2,1-4H3,(H,16,17)/t8?,9-,10-/m0/s1. The minimum absolute atomic E-state index is 0.0117. The number of carboxylic acid groups (broad SMARTS) is 1. The summed E-state index contributed by atoms with van der Waals surface area (Å²) >= 11 is 0. The largest absolute Gasteiger partial charge is 0.481 e. The molecule has 1 saturated heterocycles. The average molecular weight is 272 g/mol. The van der Waals surface area contributed by atoms with Gasteiger partial charge in [0.2, 0.25) is 0 Å². The Morgan fingerprint density at radius 2 is 1.95 bits per heavy atom. The summed E-state index contributed by atoms with van der Waals surface area (Å²) in [5.74, 6) is -1.70. The van der Waals surface area contributed by atoms with Crippen LogP contribution in [0.5, 0.6) is 0 Å². The molecule has 0 radical (unpaired) electrons. The Morgan fingerprint density at radius 3 is 2.37 bits per heavy atom. The number of nitrogens with two attached hydrogens (primary N) is 1. The number of carbonyl (C=O) groups excluding carboxylic acids is 1. The van der Waals surface area contributed by atoms with Gasteiger partial charge in [-0.25, -0.2) is 4.79 Å². The van der Waals surface area contributed by atoms with E-state index in [2.05, 4.69) is 0 Å². The number of likely N-dealkylation sites (tertiary alicyclic amines) is 1. The van der Waals surface area contributed by atoms with Crippen LogP contribution in [0.25, 0.3) is 0 Å². The van der Waals surface area contributed by atoms with Gasteiger partial charge in [0.25, 0.3) is 0 Å². The van der Waals surface area contributed by atoms with Gasteiger partial charge in [0.05, 0.1) is 5.92 Å². The Labute approximate surface area is 113 Å². The second-order valence-corrected chi connectivity index (χ2v) is 6.08. The fourth-order valence-corrected chi connectivity index (χ4v) is 2.29. The fraction of sp³-hybridized carbons (Fsp3) is 0.846. The van der Waals surface area contributed by atoms with Crippen LogP contribution in [0.1, 0.15) is 34.1 Å². The highest BCUT2D eigenvalue weighted by Gasteiger charge is 2.40. The van der Waals surface area contributed by atoms with Crippen molar-refractivity contribution in [3.63, 3.8) is 0 Å². The first-order chi connectivity index (χ1) is 8.65. The molecule has 0 spiro atoms. The summed E-state index contributed by atoms with van der Waals surface area (Å²) in [7, 11) is 0. The van der Waals surface area contributed by atoms with Crippen LogP contribution in [0.2, 0.25) is 0 Å². The van der Waals surface area contributed by atoms with Gasteiger partial charge in [0.15, 0.2) is 0 Å². The first kappa shape index (κ1) is 15.8. The molecule has 0 aromatic carbocycles. The number of carbonyl (C=O) groups is 2. The van der Waals surface area contributed by atoms with Crippen LogP contribution >= 0.6 is 0 Å². The SMILES string of the molecule is CCC1CN(C(=O)OC(C)(C)C)C[C@H](C(=O)O)[C@H]1N. The van der Waals surface area contributed by atoms with Crippen molar-refractivity contribution < 1.29 is 19.4 Å². The molecule has 19 heavy (non-hydrogen) atoms. The number of amides is 1. The van der Waals surface area contributed by atoms with Crippen LogP contribution in [-0.2, 0) is 9.53 Å². The predicted molar refractivity (Wildman–Crippen MR) is 70.7 cm³/mol. The van der Waals surface area contributed by atoms with E-state index in [0.29, 0.717) is 6.54 Å². The first-order valence-electron chi connectivity index (χ1n) is 6.62. The molecule has 110 valence electrons. The third-order valence-electron chi connectivity index (χ3n) is 3.37. The normalized spacial score (nSPS) is 28.1. The summed E-state index contributed by atoms with van der Waals surface area (Å²) in [6.45, 7) is 7.87. The van der Waals surface area contributed by atoms with Crippen molar-refractivity contribution >= 4 is 12.1 Å². The molecule has 0 bridgehead atoms. The van der Waals surface area contributed by atoms with Crippen molar-refractivity contribution in [2.24, 2.45) is 17.6 Å². The maximum atomic E-state index is 12.0. The number of aliphatic carboxylic acids is 1. The molecular weight excluding hydrogens is 248 g/mol. The van der Waals surface area contributed by atoms with E-state index in [1.165, 1.54) is 4.90 Å². The van der Waals surface area contributed by atoms with Gasteiger partial charge in [0.1, 0.15) is 5.60 Å². The monoisotopic (exact) mass is 272 g/mol. The highest BCUT2D eigenvalue weighted by molar-refractivity contribution is 5.74. The zero-order valence-electron chi connectivity index (χ0n) is 12.0. The molecule has 1 rings (SSSR count). The van der Waals surface area contributed by atoms with Crippen LogP contribution < -0.4 is 5.73 Å². The lowest BCUT2D eigenvalue weighted by molar-refractivity contribution is -0.145. The molecule has 1 aliphatic heterocycles. The number of rotatable bonds is 2. The van der Waals surface area contributed by atoms with Crippen molar-refractivity contribution in [2.45, 2.75) is 45.8 Å². The van der Waals surface area contributed by atoms with Gasteiger partial charge in [-0.15, -0.1) is 0 Å². The van der Waals surface area contributed by atoms with Gasteiger partial charge < -0.3 is 20.5 Å². The summed E-state index contributed by atoms with van der Waals surface area (Å²) in [5, 5.41) is 9.20. The molecule has 1 heterocycles. The van der Waals surface area contributed by atoms with Crippen LogP contribution in [0.4, 0.5) is 4.79 Å². The Bertz CT molecular complexity index is 351. The Kier molecular flexibility index (Phi) is 4.79. The summed E-state index contributed by atoms with van der Waals surface area (Å²) in [4.78, 5) is 24.7.